The Hall–Kier alpha value is -2.44. The molecule has 2 N–H and O–H groups in total. The minimum atomic E-state index is -0.151. The number of rotatable bonds is 5. The second-order valence-corrected chi connectivity index (χ2v) is 6.80. The summed E-state index contributed by atoms with van der Waals surface area (Å²) in [6, 6.07) is 14.6. The molecule has 0 radical (unpaired) electrons. The van der Waals surface area contributed by atoms with Crippen molar-refractivity contribution in [2.45, 2.75) is 6.42 Å². The first-order valence-corrected chi connectivity index (χ1v) is 8.74. The number of hydrogen-bond acceptors (Lipinski definition) is 4. The van der Waals surface area contributed by atoms with Gasteiger partial charge >= 0.3 is 0 Å². The van der Waals surface area contributed by atoms with Gasteiger partial charge in [-0.25, -0.2) is 0 Å². The molecule has 2 aromatic heterocycles. The van der Waals surface area contributed by atoms with Gasteiger partial charge in [-0.05, 0) is 41.1 Å². The molecule has 23 heavy (non-hydrogen) atoms. The molecule has 0 saturated carbocycles. The third kappa shape index (κ3) is 4.28. The number of benzene rings is 1. The Labute approximate surface area is 141 Å². The Kier molecular flexibility index (Phi) is 4.85. The van der Waals surface area contributed by atoms with Crippen molar-refractivity contribution in [1.29, 1.82) is 0 Å². The van der Waals surface area contributed by atoms with E-state index in [-0.39, 0.29) is 11.8 Å². The third-order valence-corrected chi connectivity index (χ3v) is 4.81. The molecule has 116 valence electrons. The zero-order valence-corrected chi connectivity index (χ0v) is 13.7. The van der Waals surface area contributed by atoms with E-state index in [4.69, 9.17) is 0 Å². The summed E-state index contributed by atoms with van der Waals surface area (Å²) in [5.74, 6) is -0.226. The minimum Gasteiger partial charge on any atom is -0.326 e. The van der Waals surface area contributed by atoms with Crippen LogP contribution in [0.5, 0.6) is 0 Å². The molecule has 0 aliphatic rings. The zero-order valence-electron chi connectivity index (χ0n) is 12.1. The molecule has 2 heterocycles. The fourth-order valence-corrected chi connectivity index (χ4v) is 3.37. The smallest absolute Gasteiger partial charge is 0.265 e. The van der Waals surface area contributed by atoms with Gasteiger partial charge in [0.1, 0.15) is 0 Å². The summed E-state index contributed by atoms with van der Waals surface area (Å²) in [6.45, 7) is 0. The topological polar surface area (TPSA) is 58.2 Å². The van der Waals surface area contributed by atoms with Crippen molar-refractivity contribution >= 4 is 45.9 Å². The molecule has 1 aromatic carbocycles. The molecular weight excluding hydrogens is 328 g/mol. The van der Waals surface area contributed by atoms with E-state index in [1.54, 1.807) is 41.7 Å². The average Bonchev–Trinajstić information content (AvgIpc) is 3.20. The number of anilines is 2. The number of thiophene rings is 2. The van der Waals surface area contributed by atoms with Crippen LogP contribution in [0.3, 0.4) is 0 Å². The van der Waals surface area contributed by atoms with E-state index in [9.17, 15) is 9.59 Å². The predicted molar refractivity (Wildman–Crippen MR) is 95.4 cm³/mol. The van der Waals surface area contributed by atoms with Gasteiger partial charge in [0.25, 0.3) is 5.91 Å². The maximum Gasteiger partial charge on any atom is 0.265 e. The molecule has 0 aliphatic carbocycles. The van der Waals surface area contributed by atoms with Crippen molar-refractivity contribution in [3.05, 3.63) is 69.0 Å². The van der Waals surface area contributed by atoms with Crippen LogP contribution < -0.4 is 10.6 Å². The molecule has 0 spiro atoms. The minimum absolute atomic E-state index is 0.0748. The molecule has 2 amide bonds. The van der Waals surface area contributed by atoms with Crippen LogP contribution >= 0.6 is 22.7 Å². The number of carbonyl (C=O) groups is 2. The van der Waals surface area contributed by atoms with Gasteiger partial charge in [0.15, 0.2) is 0 Å². The maximum atomic E-state index is 12.0. The number of nitrogens with one attached hydrogen (secondary N) is 2. The quantitative estimate of drug-likeness (QED) is 0.728. The summed E-state index contributed by atoms with van der Waals surface area (Å²) in [6.07, 6.45) is 0.351. The van der Waals surface area contributed by atoms with Crippen LogP contribution in [0.1, 0.15) is 14.5 Å². The van der Waals surface area contributed by atoms with Crippen LogP contribution in [-0.2, 0) is 11.2 Å². The second kappa shape index (κ2) is 7.21. The lowest BCUT2D eigenvalue weighted by Gasteiger charge is -2.08. The van der Waals surface area contributed by atoms with Crippen LogP contribution in [0.4, 0.5) is 11.4 Å². The first kappa shape index (κ1) is 15.5. The van der Waals surface area contributed by atoms with Crippen molar-refractivity contribution in [2.24, 2.45) is 0 Å². The van der Waals surface area contributed by atoms with E-state index in [0.717, 1.165) is 4.88 Å². The van der Waals surface area contributed by atoms with E-state index in [0.29, 0.717) is 22.7 Å². The molecule has 3 rings (SSSR count). The summed E-state index contributed by atoms with van der Waals surface area (Å²) in [5.41, 5.74) is 1.31. The van der Waals surface area contributed by atoms with E-state index < -0.39 is 0 Å². The summed E-state index contributed by atoms with van der Waals surface area (Å²) < 4.78 is 0. The molecule has 0 unspecified atom stereocenters. The van der Waals surface area contributed by atoms with Gasteiger partial charge in [0.2, 0.25) is 5.91 Å². The first-order chi connectivity index (χ1) is 11.2. The molecule has 0 saturated heterocycles. The fraction of sp³-hybridized carbons (Fsp3) is 0.0588. The highest BCUT2D eigenvalue weighted by Crippen LogP contribution is 2.18. The lowest BCUT2D eigenvalue weighted by atomic mass is 10.2. The van der Waals surface area contributed by atoms with Crippen molar-refractivity contribution in [2.75, 3.05) is 10.6 Å². The lowest BCUT2D eigenvalue weighted by Crippen LogP contribution is -2.14. The molecule has 0 bridgehead atoms. The molecule has 0 atom stereocenters. The van der Waals surface area contributed by atoms with Crippen molar-refractivity contribution in [3.63, 3.8) is 0 Å². The second-order valence-electron chi connectivity index (χ2n) is 4.82. The van der Waals surface area contributed by atoms with Gasteiger partial charge in [-0.15, -0.1) is 22.7 Å². The summed E-state index contributed by atoms with van der Waals surface area (Å²) in [5, 5.41) is 9.48. The summed E-state index contributed by atoms with van der Waals surface area (Å²) in [4.78, 5) is 25.7. The Morgan fingerprint density at radius 1 is 0.870 bits per heavy atom. The standard InChI is InChI=1S/C17H14N2O2S2/c20-16(11-14-6-2-8-22-14)18-12-4-1-5-13(10-12)19-17(21)15-7-3-9-23-15/h1-10H,11H2,(H,18,20)(H,19,21). The predicted octanol–water partition coefficient (Wildman–Crippen LogP) is 4.24. The Bertz CT molecular complexity index is 796. The fourth-order valence-electron chi connectivity index (χ4n) is 2.05. The van der Waals surface area contributed by atoms with Crippen molar-refractivity contribution in [3.8, 4) is 0 Å². The molecule has 3 aromatic rings. The third-order valence-electron chi connectivity index (χ3n) is 3.06. The average molecular weight is 342 g/mol. The Balaban J connectivity index is 1.63. The van der Waals surface area contributed by atoms with Crippen LogP contribution in [0, 0.1) is 0 Å². The summed E-state index contributed by atoms with van der Waals surface area (Å²) >= 11 is 2.94. The molecular formula is C17H14N2O2S2. The number of amides is 2. The largest absolute Gasteiger partial charge is 0.326 e. The van der Waals surface area contributed by atoms with Crippen molar-refractivity contribution in [1.82, 2.24) is 0 Å². The number of carbonyl (C=O) groups excluding carboxylic acids is 2. The monoisotopic (exact) mass is 342 g/mol. The highest BCUT2D eigenvalue weighted by molar-refractivity contribution is 7.12. The van der Waals surface area contributed by atoms with Crippen molar-refractivity contribution < 1.29 is 9.59 Å². The van der Waals surface area contributed by atoms with Crippen LogP contribution in [0.2, 0.25) is 0 Å². The Morgan fingerprint density at radius 3 is 2.30 bits per heavy atom. The Morgan fingerprint density at radius 2 is 1.61 bits per heavy atom. The van der Waals surface area contributed by atoms with Crippen LogP contribution in [0.15, 0.2) is 59.3 Å². The molecule has 6 heteroatoms. The van der Waals surface area contributed by atoms with E-state index in [1.165, 1.54) is 11.3 Å². The highest BCUT2D eigenvalue weighted by Gasteiger charge is 2.08. The van der Waals surface area contributed by atoms with Gasteiger partial charge in [-0.2, -0.15) is 0 Å². The maximum absolute atomic E-state index is 12.0. The van der Waals surface area contributed by atoms with Gasteiger partial charge < -0.3 is 10.6 Å². The van der Waals surface area contributed by atoms with Crippen LogP contribution in [0.25, 0.3) is 0 Å². The molecule has 4 nitrogen and oxygen atoms in total. The SMILES string of the molecule is O=C(Cc1cccs1)Nc1cccc(NC(=O)c2cccs2)c1. The van der Waals surface area contributed by atoms with E-state index in [2.05, 4.69) is 10.6 Å². The lowest BCUT2D eigenvalue weighted by molar-refractivity contribution is -0.115. The zero-order chi connectivity index (χ0) is 16.1. The van der Waals surface area contributed by atoms with Gasteiger partial charge in [-0.3, -0.25) is 9.59 Å². The van der Waals surface area contributed by atoms with E-state index in [1.807, 2.05) is 29.0 Å². The first-order valence-electron chi connectivity index (χ1n) is 6.98. The molecule has 0 fully saturated rings. The number of hydrogen-bond donors (Lipinski definition) is 2. The van der Waals surface area contributed by atoms with Gasteiger partial charge in [-0.1, -0.05) is 18.2 Å². The highest BCUT2D eigenvalue weighted by atomic mass is 32.1. The summed E-state index contributed by atoms with van der Waals surface area (Å²) in [7, 11) is 0. The van der Waals surface area contributed by atoms with Gasteiger partial charge in [0.05, 0.1) is 11.3 Å². The van der Waals surface area contributed by atoms with Crippen LogP contribution in [-0.4, -0.2) is 11.8 Å². The normalized spacial score (nSPS) is 10.3. The van der Waals surface area contributed by atoms with E-state index >= 15 is 0 Å². The van der Waals surface area contributed by atoms with Gasteiger partial charge in [0, 0.05) is 16.3 Å². The molecule has 0 aliphatic heterocycles.